The van der Waals surface area contributed by atoms with E-state index in [1.165, 1.54) is 0 Å². The van der Waals surface area contributed by atoms with Crippen molar-refractivity contribution in [3.8, 4) is 5.75 Å². The molecule has 2 aromatic carbocycles. The summed E-state index contributed by atoms with van der Waals surface area (Å²) in [5.41, 5.74) is 1.85. The molecule has 32 heavy (non-hydrogen) atoms. The van der Waals surface area contributed by atoms with Gasteiger partial charge in [-0.05, 0) is 30.2 Å². The van der Waals surface area contributed by atoms with Crippen LogP contribution in [0.3, 0.4) is 0 Å². The van der Waals surface area contributed by atoms with Crippen LogP contribution in [0, 0.1) is 5.92 Å². The first-order chi connectivity index (χ1) is 15.6. The Balaban J connectivity index is 1.26. The van der Waals surface area contributed by atoms with Crippen molar-refractivity contribution in [3.05, 3.63) is 60.2 Å². The second-order valence-corrected chi connectivity index (χ2v) is 8.26. The molecule has 0 aromatic heterocycles. The van der Waals surface area contributed by atoms with Crippen molar-refractivity contribution >= 4 is 23.4 Å². The molecule has 168 valence electrons. The van der Waals surface area contributed by atoms with Crippen LogP contribution in [-0.2, 0) is 20.8 Å². The number of hydrogen-bond acceptors (Lipinski definition) is 4. The molecule has 2 aliphatic heterocycles. The summed E-state index contributed by atoms with van der Waals surface area (Å²) < 4.78 is 5.36. The van der Waals surface area contributed by atoms with Crippen LogP contribution in [0.4, 0.5) is 5.69 Å². The summed E-state index contributed by atoms with van der Waals surface area (Å²) in [5, 5.41) is 0. The minimum absolute atomic E-state index is 0.0119. The quantitative estimate of drug-likeness (QED) is 0.699. The van der Waals surface area contributed by atoms with Gasteiger partial charge in [0.2, 0.25) is 17.7 Å². The van der Waals surface area contributed by atoms with Crippen molar-refractivity contribution in [2.45, 2.75) is 19.3 Å². The highest BCUT2D eigenvalue weighted by Crippen LogP contribution is 2.26. The highest BCUT2D eigenvalue weighted by molar-refractivity contribution is 6.00. The Morgan fingerprint density at radius 2 is 1.59 bits per heavy atom. The molecule has 2 saturated heterocycles. The summed E-state index contributed by atoms with van der Waals surface area (Å²) in [6, 6.07) is 17.2. The minimum Gasteiger partial charge on any atom is -0.496 e. The number of carbonyl (C=O) groups is 3. The number of amides is 3. The predicted octanol–water partition coefficient (Wildman–Crippen LogP) is 2.35. The summed E-state index contributed by atoms with van der Waals surface area (Å²) in [5.74, 6) is 0.564. The molecule has 7 heteroatoms. The molecule has 0 bridgehead atoms. The third-order valence-corrected chi connectivity index (χ3v) is 6.29. The molecule has 3 amide bonds. The molecule has 2 aromatic rings. The number of nitrogens with zero attached hydrogens (tertiary/aromatic N) is 3. The minimum atomic E-state index is -0.324. The fourth-order valence-electron chi connectivity index (χ4n) is 4.47. The Morgan fingerprint density at radius 1 is 0.938 bits per heavy atom. The van der Waals surface area contributed by atoms with Gasteiger partial charge in [-0.15, -0.1) is 0 Å². The van der Waals surface area contributed by atoms with E-state index in [1.54, 1.807) is 16.9 Å². The van der Waals surface area contributed by atoms with Crippen LogP contribution >= 0.6 is 0 Å². The first kappa shape index (κ1) is 21.9. The van der Waals surface area contributed by atoms with Crippen LogP contribution in [-0.4, -0.2) is 67.4 Å². The Bertz CT molecular complexity index is 970. The Hall–Kier alpha value is -3.35. The van der Waals surface area contributed by atoms with Crippen LogP contribution in [0.25, 0.3) is 0 Å². The molecule has 0 spiro atoms. The Labute approximate surface area is 188 Å². The zero-order valence-corrected chi connectivity index (χ0v) is 18.4. The van der Waals surface area contributed by atoms with Crippen molar-refractivity contribution in [1.82, 2.24) is 9.80 Å². The average molecular weight is 436 g/mol. The summed E-state index contributed by atoms with van der Waals surface area (Å²) in [6.45, 7) is 2.49. The van der Waals surface area contributed by atoms with Gasteiger partial charge in [0.1, 0.15) is 5.75 Å². The molecule has 7 nitrogen and oxygen atoms in total. The van der Waals surface area contributed by atoms with Crippen molar-refractivity contribution < 1.29 is 19.1 Å². The molecule has 2 heterocycles. The number of rotatable bonds is 6. The maximum atomic E-state index is 13.0. The highest BCUT2D eigenvalue weighted by atomic mass is 16.5. The van der Waals surface area contributed by atoms with E-state index >= 15 is 0 Å². The molecule has 1 atom stereocenters. The zero-order chi connectivity index (χ0) is 22.5. The van der Waals surface area contributed by atoms with Crippen molar-refractivity contribution in [2.24, 2.45) is 5.92 Å². The fraction of sp³-hybridized carbons (Fsp3) is 0.400. The van der Waals surface area contributed by atoms with Crippen molar-refractivity contribution in [2.75, 3.05) is 44.7 Å². The second-order valence-electron chi connectivity index (χ2n) is 8.26. The Kier molecular flexibility index (Phi) is 6.73. The fourth-order valence-corrected chi connectivity index (χ4v) is 4.47. The standard InChI is InChI=1S/C25H29N3O4/c1-32-22-10-6-5-7-19(22)11-12-23(29)26-13-15-27(16-14-26)25(31)20-17-24(30)28(18-20)21-8-3-2-4-9-21/h2-10,20H,11-18H2,1H3/t20-/m1/s1. The van der Waals surface area contributed by atoms with E-state index in [2.05, 4.69) is 0 Å². The molecule has 2 aliphatic rings. The van der Waals surface area contributed by atoms with Crippen LogP contribution in [0.5, 0.6) is 5.75 Å². The Morgan fingerprint density at radius 3 is 2.31 bits per heavy atom. The van der Waals surface area contributed by atoms with E-state index in [0.29, 0.717) is 45.6 Å². The van der Waals surface area contributed by atoms with Crippen LogP contribution in [0.2, 0.25) is 0 Å². The zero-order valence-electron chi connectivity index (χ0n) is 18.4. The van der Waals surface area contributed by atoms with E-state index in [-0.39, 0.29) is 30.1 Å². The van der Waals surface area contributed by atoms with Gasteiger partial charge in [0.05, 0.1) is 13.0 Å². The van der Waals surface area contributed by atoms with Gasteiger partial charge < -0.3 is 19.4 Å². The van der Waals surface area contributed by atoms with Gasteiger partial charge in [0.25, 0.3) is 0 Å². The van der Waals surface area contributed by atoms with E-state index < -0.39 is 0 Å². The number of anilines is 1. The lowest BCUT2D eigenvalue weighted by Crippen LogP contribution is -2.52. The molecule has 0 N–H and O–H groups in total. The van der Waals surface area contributed by atoms with E-state index in [9.17, 15) is 14.4 Å². The maximum Gasteiger partial charge on any atom is 0.228 e. The molecular weight excluding hydrogens is 406 g/mol. The second kappa shape index (κ2) is 9.85. The third kappa shape index (κ3) is 4.77. The maximum absolute atomic E-state index is 13.0. The van der Waals surface area contributed by atoms with E-state index in [1.807, 2.05) is 59.5 Å². The number of piperazine rings is 1. The molecular formula is C25H29N3O4. The molecule has 0 aliphatic carbocycles. The number of para-hydroxylation sites is 2. The topological polar surface area (TPSA) is 70.2 Å². The van der Waals surface area contributed by atoms with Gasteiger partial charge in [0, 0.05) is 51.3 Å². The number of carbonyl (C=O) groups excluding carboxylic acids is 3. The largest absolute Gasteiger partial charge is 0.496 e. The number of methoxy groups -OCH3 is 1. The summed E-state index contributed by atoms with van der Waals surface area (Å²) >= 11 is 0. The number of aryl methyl sites for hydroxylation is 1. The molecule has 0 unspecified atom stereocenters. The first-order valence-electron chi connectivity index (χ1n) is 11.1. The first-order valence-corrected chi connectivity index (χ1v) is 11.1. The normalized spacial score (nSPS) is 18.7. The molecule has 4 rings (SSSR count). The van der Waals surface area contributed by atoms with E-state index in [0.717, 1.165) is 17.0 Å². The average Bonchev–Trinajstić information content (AvgIpc) is 3.24. The van der Waals surface area contributed by atoms with Gasteiger partial charge in [-0.3, -0.25) is 14.4 Å². The number of hydrogen-bond donors (Lipinski definition) is 0. The number of ether oxygens (including phenoxy) is 1. The van der Waals surface area contributed by atoms with Gasteiger partial charge in [0.15, 0.2) is 0 Å². The van der Waals surface area contributed by atoms with Gasteiger partial charge in [-0.25, -0.2) is 0 Å². The van der Waals surface area contributed by atoms with Crippen LogP contribution in [0.1, 0.15) is 18.4 Å². The van der Waals surface area contributed by atoms with Gasteiger partial charge in [-0.2, -0.15) is 0 Å². The van der Waals surface area contributed by atoms with Crippen LogP contribution < -0.4 is 9.64 Å². The lowest BCUT2D eigenvalue weighted by molar-refractivity contribution is -0.142. The summed E-state index contributed by atoms with van der Waals surface area (Å²) in [7, 11) is 1.63. The molecule has 2 fully saturated rings. The highest BCUT2D eigenvalue weighted by Gasteiger charge is 2.38. The molecule has 0 saturated carbocycles. The summed E-state index contributed by atoms with van der Waals surface area (Å²) in [6.07, 6.45) is 1.28. The van der Waals surface area contributed by atoms with Crippen molar-refractivity contribution in [3.63, 3.8) is 0 Å². The SMILES string of the molecule is COc1ccccc1CCC(=O)N1CCN(C(=O)[C@@H]2CC(=O)N(c3ccccc3)C2)CC1. The molecule has 0 radical (unpaired) electrons. The van der Waals surface area contributed by atoms with Gasteiger partial charge >= 0.3 is 0 Å². The smallest absolute Gasteiger partial charge is 0.228 e. The van der Waals surface area contributed by atoms with Crippen molar-refractivity contribution in [1.29, 1.82) is 0 Å². The van der Waals surface area contributed by atoms with E-state index in [4.69, 9.17) is 4.74 Å². The van der Waals surface area contributed by atoms with Gasteiger partial charge in [-0.1, -0.05) is 36.4 Å². The number of benzene rings is 2. The summed E-state index contributed by atoms with van der Waals surface area (Å²) in [4.78, 5) is 43.5. The third-order valence-electron chi connectivity index (χ3n) is 6.29. The predicted molar refractivity (Wildman–Crippen MR) is 121 cm³/mol. The lowest BCUT2D eigenvalue weighted by atomic mass is 10.1. The lowest BCUT2D eigenvalue weighted by Gasteiger charge is -2.36. The monoisotopic (exact) mass is 435 g/mol. The van der Waals surface area contributed by atoms with Crippen LogP contribution in [0.15, 0.2) is 54.6 Å².